The van der Waals surface area contributed by atoms with E-state index >= 15 is 0 Å². The summed E-state index contributed by atoms with van der Waals surface area (Å²) >= 11 is 5.71. The average molecular weight is 208 g/mol. The first-order valence-corrected chi connectivity index (χ1v) is 3.94. The van der Waals surface area contributed by atoms with Crippen molar-refractivity contribution in [1.29, 1.82) is 0 Å². The quantitative estimate of drug-likeness (QED) is 0.826. The lowest BCUT2D eigenvalue weighted by atomic mass is 10.2. The SMILES string of the molecule is NCc1ccc(OC(F)F)cc1Cl. The van der Waals surface area contributed by atoms with Crippen LogP contribution in [-0.4, -0.2) is 6.61 Å². The Bertz CT molecular complexity index is 293. The summed E-state index contributed by atoms with van der Waals surface area (Å²) in [5, 5.41) is 0.334. The van der Waals surface area contributed by atoms with E-state index < -0.39 is 6.61 Å². The zero-order valence-electron chi connectivity index (χ0n) is 6.64. The molecule has 0 bridgehead atoms. The molecule has 0 saturated carbocycles. The highest BCUT2D eigenvalue weighted by molar-refractivity contribution is 6.31. The number of nitrogens with two attached hydrogens (primary N) is 1. The van der Waals surface area contributed by atoms with E-state index in [9.17, 15) is 8.78 Å². The van der Waals surface area contributed by atoms with E-state index in [1.165, 1.54) is 12.1 Å². The first-order valence-electron chi connectivity index (χ1n) is 3.57. The molecule has 13 heavy (non-hydrogen) atoms. The Labute approximate surface area is 79.2 Å². The van der Waals surface area contributed by atoms with Crippen LogP contribution in [0, 0.1) is 0 Å². The van der Waals surface area contributed by atoms with Crippen molar-refractivity contribution in [2.45, 2.75) is 13.2 Å². The van der Waals surface area contributed by atoms with Crippen molar-refractivity contribution in [3.8, 4) is 5.75 Å². The molecule has 1 aromatic rings. The van der Waals surface area contributed by atoms with Crippen molar-refractivity contribution in [2.24, 2.45) is 5.73 Å². The van der Waals surface area contributed by atoms with E-state index in [4.69, 9.17) is 17.3 Å². The van der Waals surface area contributed by atoms with Crippen LogP contribution in [0.3, 0.4) is 0 Å². The Morgan fingerprint density at radius 2 is 2.15 bits per heavy atom. The standard InChI is InChI=1S/C8H8ClF2NO/c9-7-3-6(13-8(10)11)2-1-5(7)4-12/h1-3,8H,4,12H2. The van der Waals surface area contributed by atoms with Crippen LogP contribution >= 0.6 is 11.6 Å². The van der Waals surface area contributed by atoms with E-state index in [0.717, 1.165) is 0 Å². The molecular formula is C8H8ClF2NO. The molecule has 2 N–H and O–H groups in total. The molecule has 0 radical (unpaired) electrons. The first kappa shape index (κ1) is 10.2. The monoisotopic (exact) mass is 207 g/mol. The third-order valence-electron chi connectivity index (χ3n) is 1.47. The number of benzene rings is 1. The molecule has 2 nitrogen and oxygen atoms in total. The summed E-state index contributed by atoms with van der Waals surface area (Å²) < 4.78 is 27.6. The minimum Gasteiger partial charge on any atom is -0.435 e. The average Bonchev–Trinajstić information content (AvgIpc) is 2.03. The van der Waals surface area contributed by atoms with Gasteiger partial charge in [-0.25, -0.2) is 0 Å². The zero-order valence-corrected chi connectivity index (χ0v) is 7.39. The van der Waals surface area contributed by atoms with E-state index in [0.29, 0.717) is 10.6 Å². The molecule has 0 aromatic heterocycles. The second kappa shape index (κ2) is 4.39. The van der Waals surface area contributed by atoms with Crippen molar-refractivity contribution < 1.29 is 13.5 Å². The fourth-order valence-corrected chi connectivity index (χ4v) is 1.12. The van der Waals surface area contributed by atoms with Crippen molar-refractivity contribution in [2.75, 3.05) is 0 Å². The fourth-order valence-electron chi connectivity index (χ4n) is 0.870. The molecule has 0 spiro atoms. The number of ether oxygens (including phenoxy) is 1. The van der Waals surface area contributed by atoms with Gasteiger partial charge in [-0.2, -0.15) is 8.78 Å². The highest BCUT2D eigenvalue weighted by Crippen LogP contribution is 2.23. The summed E-state index contributed by atoms with van der Waals surface area (Å²) in [5.74, 6) is 0.0391. The molecule has 0 unspecified atom stereocenters. The summed E-state index contributed by atoms with van der Waals surface area (Å²) in [7, 11) is 0. The smallest absolute Gasteiger partial charge is 0.387 e. The van der Waals surface area contributed by atoms with Gasteiger partial charge in [0.2, 0.25) is 0 Å². The summed E-state index contributed by atoms with van der Waals surface area (Å²) in [4.78, 5) is 0. The minimum atomic E-state index is -2.83. The normalized spacial score (nSPS) is 10.5. The molecule has 0 atom stereocenters. The van der Waals surface area contributed by atoms with Gasteiger partial charge in [-0.05, 0) is 17.7 Å². The summed E-state index contributed by atoms with van der Waals surface area (Å²) in [5.41, 5.74) is 6.03. The van der Waals surface area contributed by atoms with Gasteiger partial charge in [-0.1, -0.05) is 17.7 Å². The van der Waals surface area contributed by atoms with Crippen LogP contribution in [0.25, 0.3) is 0 Å². The second-order valence-electron chi connectivity index (χ2n) is 2.34. The van der Waals surface area contributed by atoms with Crippen LogP contribution < -0.4 is 10.5 Å². The Hall–Kier alpha value is -0.870. The molecule has 1 aromatic carbocycles. The van der Waals surface area contributed by atoms with E-state index in [1.807, 2.05) is 0 Å². The zero-order chi connectivity index (χ0) is 9.84. The molecule has 0 aliphatic carbocycles. The van der Waals surface area contributed by atoms with E-state index in [-0.39, 0.29) is 12.3 Å². The van der Waals surface area contributed by atoms with Crippen molar-refractivity contribution >= 4 is 11.6 Å². The van der Waals surface area contributed by atoms with Gasteiger partial charge >= 0.3 is 6.61 Å². The van der Waals surface area contributed by atoms with Gasteiger partial charge in [-0.15, -0.1) is 0 Å². The third-order valence-corrected chi connectivity index (χ3v) is 1.82. The predicted octanol–water partition coefficient (Wildman–Crippen LogP) is 2.40. The lowest BCUT2D eigenvalue weighted by molar-refractivity contribution is -0.0498. The topological polar surface area (TPSA) is 35.2 Å². The number of halogens is 3. The molecular weight excluding hydrogens is 200 g/mol. The van der Waals surface area contributed by atoms with Gasteiger partial charge < -0.3 is 10.5 Å². The van der Waals surface area contributed by atoms with Crippen molar-refractivity contribution in [1.82, 2.24) is 0 Å². The lowest BCUT2D eigenvalue weighted by Crippen LogP contribution is -2.03. The minimum absolute atomic E-state index is 0.0391. The number of rotatable bonds is 3. The maximum atomic E-state index is 11.7. The molecule has 0 saturated heterocycles. The van der Waals surface area contributed by atoms with Gasteiger partial charge in [0.1, 0.15) is 5.75 Å². The number of hydrogen-bond donors (Lipinski definition) is 1. The van der Waals surface area contributed by atoms with Crippen molar-refractivity contribution in [3.63, 3.8) is 0 Å². The van der Waals surface area contributed by atoms with Crippen LogP contribution in [0.1, 0.15) is 5.56 Å². The van der Waals surface area contributed by atoms with E-state index in [1.54, 1.807) is 6.07 Å². The number of alkyl halides is 2. The summed E-state index contributed by atoms with van der Waals surface area (Å²) in [6, 6.07) is 4.27. The molecule has 1 rings (SSSR count). The highest BCUT2D eigenvalue weighted by atomic mass is 35.5. The van der Waals surface area contributed by atoms with Crippen LogP contribution in [0.5, 0.6) is 5.75 Å². The molecule has 72 valence electrons. The van der Waals surface area contributed by atoms with Gasteiger partial charge in [-0.3, -0.25) is 0 Å². The molecule has 0 aliphatic rings. The molecule has 0 aliphatic heterocycles. The highest BCUT2D eigenvalue weighted by Gasteiger charge is 2.06. The van der Waals surface area contributed by atoms with Crippen molar-refractivity contribution in [3.05, 3.63) is 28.8 Å². The maximum Gasteiger partial charge on any atom is 0.387 e. The van der Waals surface area contributed by atoms with Gasteiger partial charge in [0.05, 0.1) is 0 Å². The Morgan fingerprint density at radius 3 is 2.62 bits per heavy atom. The summed E-state index contributed by atoms with van der Waals surface area (Å²) in [6.07, 6.45) is 0. The molecule has 0 fully saturated rings. The fraction of sp³-hybridized carbons (Fsp3) is 0.250. The van der Waals surface area contributed by atoms with Crippen LogP contribution in [0.15, 0.2) is 18.2 Å². The molecule has 0 amide bonds. The number of hydrogen-bond acceptors (Lipinski definition) is 2. The Balaban J connectivity index is 2.83. The van der Waals surface area contributed by atoms with E-state index in [2.05, 4.69) is 4.74 Å². The molecule has 0 heterocycles. The largest absolute Gasteiger partial charge is 0.435 e. The first-order chi connectivity index (χ1) is 6.13. The third kappa shape index (κ3) is 2.82. The molecule has 5 heteroatoms. The van der Waals surface area contributed by atoms with Gasteiger partial charge in [0.25, 0.3) is 0 Å². The predicted molar refractivity (Wildman–Crippen MR) is 46.0 cm³/mol. The van der Waals surface area contributed by atoms with Gasteiger partial charge in [0, 0.05) is 11.6 Å². The Morgan fingerprint density at radius 1 is 1.46 bits per heavy atom. The summed E-state index contributed by atoms with van der Waals surface area (Å²) in [6.45, 7) is -2.56. The van der Waals surface area contributed by atoms with Gasteiger partial charge in [0.15, 0.2) is 0 Å². The van der Waals surface area contributed by atoms with Crippen LogP contribution in [-0.2, 0) is 6.54 Å². The van der Waals surface area contributed by atoms with Crippen LogP contribution in [0.2, 0.25) is 5.02 Å². The maximum absolute atomic E-state index is 11.7. The Kier molecular flexibility index (Phi) is 3.45. The second-order valence-corrected chi connectivity index (χ2v) is 2.74. The lowest BCUT2D eigenvalue weighted by Gasteiger charge is -2.06. The van der Waals surface area contributed by atoms with Crippen LogP contribution in [0.4, 0.5) is 8.78 Å².